The summed E-state index contributed by atoms with van der Waals surface area (Å²) < 4.78 is 18.6. The van der Waals surface area contributed by atoms with E-state index in [4.69, 9.17) is 4.74 Å². The Hall–Kier alpha value is -1.95. The summed E-state index contributed by atoms with van der Waals surface area (Å²) in [6.45, 7) is 1.40. The Bertz CT molecular complexity index is 517. The van der Waals surface area contributed by atoms with Gasteiger partial charge < -0.3 is 15.2 Å². The van der Waals surface area contributed by atoms with Crippen molar-refractivity contribution in [3.05, 3.63) is 29.6 Å². The van der Waals surface area contributed by atoms with E-state index in [1.165, 1.54) is 12.1 Å². The summed E-state index contributed by atoms with van der Waals surface area (Å²) in [4.78, 5) is 22.3. The van der Waals surface area contributed by atoms with E-state index < -0.39 is 29.7 Å². The van der Waals surface area contributed by atoms with Gasteiger partial charge in [-0.2, -0.15) is 0 Å². The van der Waals surface area contributed by atoms with Gasteiger partial charge in [0, 0.05) is 18.9 Å². The van der Waals surface area contributed by atoms with Crippen LogP contribution in [0.3, 0.4) is 0 Å². The van der Waals surface area contributed by atoms with Crippen LogP contribution >= 0.6 is 0 Å². The molecule has 0 fully saturated rings. The van der Waals surface area contributed by atoms with E-state index in [2.05, 4.69) is 5.32 Å². The highest BCUT2D eigenvalue weighted by molar-refractivity contribution is 6.35. The zero-order valence-electron chi connectivity index (χ0n) is 10.4. The third-order valence-electron chi connectivity index (χ3n) is 2.99. The van der Waals surface area contributed by atoms with Crippen LogP contribution in [0.2, 0.25) is 0 Å². The molecule has 1 aliphatic heterocycles. The number of fused-ring (bicyclic) bond motifs is 1. The van der Waals surface area contributed by atoms with Gasteiger partial charge in [0.05, 0.1) is 12.6 Å². The number of halogens is 1. The second-order valence-corrected chi connectivity index (χ2v) is 4.40. The topological polar surface area (TPSA) is 75.6 Å². The maximum absolute atomic E-state index is 13.2. The highest BCUT2D eigenvalue weighted by atomic mass is 19.1. The summed E-state index contributed by atoms with van der Waals surface area (Å²) in [5.41, 5.74) is 0.270. The van der Waals surface area contributed by atoms with Crippen molar-refractivity contribution >= 4 is 11.7 Å². The monoisotopic (exact) mass is 267 g/mol. The SMILES string of the molecule is CC(=O)C(=O)NC1CCOc2ccc(F)cc2C1O. The minimum absolute atomic E-state index is 0.262. The van der Waals surface area contributed by atoms with Gasteiger partial charge in [-0.25, -0.2) is 4.39 Å². The van der Waals surface area contributed by atoms with Crippen molar-refractivity contribution in [3.63, 3.8) is 0 Å². The molecule has 2 unspecified atom stereocenters. The minimum Gasteiger partial charge on any atom is -0.493 e. The molecule has 0 spiro atoms. The number of hydrogen-bond acceptors (Lipinski definition) is 4. The van der Waals surface area contributed by atoms with E-state index >= 15 is 0 Å². The van der Waals surface area contributed by atoms with Crippen molar-refractivity contribution in [2.24, 2.45) is 0 Å². The molecule has 6 heteroatoms. The van der Waals surface area contributed by atoms with E-state index in [-0.39, 0.29) is 12.2 Å². The number of ether oxygens (including phenoxy) is 1. The maximum atomic E-state index is 13.2. The number of Topliss-reactive ketones (excluding diaryl/α,β-unsaturated/α-hetero) is 1. The molecule has 1 heterocycles. The molecule has 5 nitrogen and oxygen atoms in total. The zero-order valence-corrected chi connectivity index (χ0v) is 10.4. The van der Waals surface area contributed by atoms with Crippen molar-refractivity contribution in [2.45, 2.75) is 25.5 Å². The largest absolute Gasteiger partial charge is 0.493 e. The smallest absolute Gasteiger partial charge is 0.287 e. The molecule has 0 aliphatic carbocycles. The van der Waals surface area contributed by atoms with Crippen LogP contribution in [0.4, 0.5) is 4.39 Å². The van der Waals surface area contributed by atoms with E-state index in [0.29, 0.717) is 12.2 Å². The Labute approximate surface area is 109 Å². The number of hydrogen-bond donors (Lipinski definition) is 2. The van der Waals surface area contributed by atoms with Gasteiger partial charge in [-0.3, -0.25) is 9.59 Å². The predicted molar refractivity (Wildman–Crippen MR) is 64.1 cm³/mol. The summed E-state index contributed by atoms with van der Waals surface area (Å²) in [7, 11) is 0. The fourth-order valence-corrected chi connectivity index (χ4v) is 1.97. The first-order valence-corrected chi connectivity index (χ1v) is 5.91. The Balaban J connectivity index is 2.25. The van der Waals surface area contributed by atoms with Crippen LogP contribution in [0.25, 0.3) is 0 Å². The van der Waals surface area contributed by atoms with Gasteiger partial charge in [0.15, 0.2) is 0 Å². The second kappa shape index (κ2) is 5.36. The standard InChI is InChI=1S/C13H14FNO4/c1-7(16)13(18)15-10-4-5-19-11-3-2-8(14)6-9(11)12(10)17/h2-3,6,10,12,17H,4-5H2,1H3,(H,15,18). The number of rotatable bonds is 2. The van der Waals surface area contributed by atoms with Crippen LogP contribution < -0.4 is 10.1 Å². The van der Waals surface area contributed by atoms with E-state index in [1.807, 2.05) is 0 Å². The summed E-state index contributed by atoms with van der Waals surface area (Å²) in [6.07, 6.45) is -0.785. The predicted octanol–water partition coefficient (Wildman–Crippen LogP) is 0.715. The second-order valence-electron chi connectivity index (χ2n) is 4.40. The van der Waals surface area contributed by atoms with Gasteiger partial charge in [-0.1, -0.05) is 0 Å². The highest BCUT2D eigenvalue weighted by Gasteiger charge is 2.29. The molecule has 1 aromatic carbocycles. The van der Waals surface area contributed by atoms with Crippen LogP contribution in [-0.4, -0.2) is 29.4 Å². The van der Waals surface area contributed by atoms with E-state index in [9.17, 15) is 19.1 Å². The molecule has 1 amide bonds. The quantitative estimate of drug-likeness (QED) is 0.774. The van der Waals surface area contributed by atoms with Crippen LogP contribution in [0.15, 0.2) is 18.2 Å². The normalized spacial score (nSPS) is 21.8. The van der Waals surface area contributed by atoms with Crippen molar-refractivity contribution < 1.29 is 23.8 Å². The van der Waals surface area contributed by atoms with E-state index in [0.717, 1.165) is 13.0 Å². The molecule has 102 valence electrons. The van der Waals surface area contributed by atoms with Gasteiger partial charge in [-0.05, 0) is 18.2 Å². The first-order valence-electron chi connectivity index (χ1n) is 5.91. The number of nitrogens with one attached hydrogen (secondary N) is 1. The van der Waals surface area contributed by atoms with Crippen LogP contribution in [0.1, 0.15) is 25.0 Å². The van der Waals surface area contributed by atoms with Crippen LogP contribution in [-0.2, 0) is 9.59 Å². The Morgan fingerprint density at radius 2 is 2.21 bits per heavy atom. The zero-order chi connectivity index (χ0) is 14.0. The van der Waals surface area contributed by atoms with Crippen molar-refractivity contribution in [1.82, 2.24) is 5.32 Å². The minimum atomic E-state index is -1.11. The summed E-state index contributed by atoms with van der Waals surface area (Å²) in [5.74, 6) is -1.53. The van der Waals surface area contributed by atoms with E-state index in [1.54, 1.807) is 0 Å². The molecule has 0 radical (unpaired) electrons. The van der Waals surface area contributed by atoms with Crippen LogP contribution in [0.5, 0.6) is 5.75 Å². The van der Waals surface area contributed by atoms with Gasteiger partial charge >= 0.3 is 0 Å². The van der Waals surface area contributed by atoms with Gasteiger partial charge in [-0.15, -0.1) is 0 Å². The van der Waals surface area contributed by atoms with Gasteiger partial charge in [0.1, 0.15) is 17.7 Å². The highest BCUT2D eigenvalue weighted by Crippen LogP contribution is 2.32. The fourth-order valence-electron chi connectivity index (χ4n) is 1.97. The molecular weight excluding hydrogens is 253 g/mol. The first-order chi connectivity index (χ1) is 8.99. The lowest BCUT2D eigenvalue weighted by molar-refractivity contribution is -0.137. The lowest BCUT2D eigenvalue weighted by Gasteiger charge is -2.21. The Morgan fingerprint density at radius 1 is 1.47 bits per heavy atom. The average Bonchev–Trinajstić information content (AvgIpc) is 2.51. The molecule has 2 N–H and O–H groups in total. The lowest BCUT2D eigenvalue weighted by Crippen LogP contribution is -2.42. The average molecular weight is 267 g/mol. The third kappa shape index (κ3) is 2.90. The fraction of sp³-hybridized carbons (Fsp3) is 0.385. The van der Waals surface area contributed by atoms with Crippen LogP contribution in [0, 0.1) is 5.82 Å². The lowest BCUT2D eigenvalue weighted by atomic mass is 10.00. The molecule has 0 saturated heterocycles. The van der Waals surface area contributed by atoms with Crippen molar-refractivity contribution in [1.29, 1.82) is 0 Å². The molecular formula is C13H14FNO4. The number of carbonyl (C=O) groups excluding carboxylic acids is 2. The molecule has 0 aromatic heterocycles. The molecule has 0 bridgehead atoms. The van der Waals surface area contributed by atoms with Gasteiger partial charge in [0.2, 0.25) is 5.78 Å². The van der Waals surface area contributed by atoms with Crippen molar-refractivity contribution in [3.8, 4) is 5.75 Å². The van der Waals surface area contributed by atoms with Crippen molar-refractivity contribution in [2.75, 3.05) is 6.61 Å². The number of aliphatic hydroxyl groups is 1. The summed E-state index contributed by atoms with van der Waals surface area (Å²) in [5, 5.41) is 12.6. The maximum Gasteiger partial charge on any atom is 0.287 e. The number of ketones is 1. The Morgan fingerprint density at radius 3 is 2.89 bits per heavy atom. The summed E-state index contributed by atoms with van der Waals surface area (Å²) >= 11 is 0. The summed E-state index contributed by atoms with van der Waals surface area (Å²) in [6, 6.07) is 3.15. The third-order valence-corrected chi connectivity index (χ3v) is 2.99. The molecule has 1 aliphatic rings. The molecule has 2 rings (SSSR count). The number of amides is 1. The van der Waals surface area contributed by atoms with Gasteiger partial charge in [0.25, 0.3) is 5.91 Å². The molecule has 0 saturated carbocycles. The molecule has 19 heavy (non-hydrogen) atoms. The molecule has 1 aromatic rings. The number of benzene rings is 1. The number of carbonyl (C=O) groups is 2. The number of aliphatic hydroxyl groups excluding tert-OH is 1. The first kappa shape index (κ1) is 13.5. The Kier molecular flexibility index (Phi) is 3.80. The molecule has 2 atom stereocenters.